The van der Waals surface area contributed by atoms with Gasteiger partial charge < -0.3 is 14.3 Å². The second-order valence-corrected chi connectivity index (χ2v) is 6.33. The number of halogens is 3. The largest absolute Gasteiger partial charge is 0.497 e. The fraction of sp³-hybridized carbons (Fsp3) is 0.417. The molecule has 1 heterocycles. The number of nitrogens with zero attached hydrogens (tertiary/aromatic N) is 2. The summed E-state index contributed by atoms with van der Waals surface area (Å²) < 4.78 is 8.81. The van der Waals surface area contributed by atoms with Gasteiger partial charge in [-0.2, -0.15) is 0 Å². The Morgan fingerprint density at radius 3 is 2.45 bits per heavy atom. The normalized spacial score (nSPS) is 19.5. The van der Waals surface area contributed by atoms with Crippen LogP contribution < -0.4 is 9.47 Å². The molecule has 2 rings (SSSR count). The Bertz CT molecular complexity index is 531. The van der Waals surface area contributed by atoms with Crippen LogP contribution in [0.3, 0.4) is 0 Å². The van der Waals surface area contributed by atoms with Gasteiger partial charge in [-0.3, -0.25) is 0 Å². The molecule has 1 aliphatic rings. The van der Waals surface area contributed by atoms with Crippen molar-refractivity contribution < 1.29 is 14.3 Å². The molecule has 0 amide bonds. The van der Waals surface area contributed by atoms with Crippen LogP contribution >= 0.6 is 34.8 Å². The van der Waals surface area contributed by atoms with Gasteiger partial charge in [0.25, 0.3) is 9.69 Å². The summed E-state index contributed by atoms with van der Waals surface area (Å²) in [5, 5.41) is 1.48. The molecule has 5 nitrogen and oxygen atoms in total. The fourth-order valence-electron chi connectivity index (χ4n) is 1.83. The molecule has 0 saturated heterocycles. The van der Waals surface area contributed by atoms with Gasteiger partial charge in [0.15, 0.2) is 6.17 Å². The summed E-state index contributed by atoms with van der Waals surface area (Å²) in [7, 11) is 4.84. The second kappa shape index (κ2) is 5.85. The molecule has 20 heavy (non-hydrogen) atoms. The quantitative estimate of drug-likeness (QED) is 0.792. The number of aliphatic imine (C=N–C) groups is 1. The lowest BCUT2D eigenvalue weighted by atomic mass is 10.1. The number of hydroxylamine groups is 2. The van der Waals surface area contributed by atoms with Crippen molar-refractivity contribution in [3.63, 3.8) is 0 Å². The highest BCUT2D eigenvalue weighted by molar-refractivity contribution is 6.76. The van der Waals surface area contributed by atoms with Crippen LogP contribution in [0.1, 0.15) is 11.7 Å². The molecule has 110 valence electrons. The van der Waals surface area contributed by atoms with E-state index in [4.69, 9.17) is 49.1 Å². The van der Waals surface area contributed by atoms with E-state index in [2.05, 4.69) is 4.99 Å². The zero-order chi connectivity index (χ0) is 14.9. The number of hydrogen-bond acceptors (Lipinski definition) is 5. The molecule has 8 heteroatoms. The van der Waals surface area contributed by atoms with Crippen molar-refractivity contribution in [1.29, 1.82) is 0 Å². The highest BCUT2D eigenvalue weighted by Gasteiger charge is 2.40. The Labute approximate surface area is 131 Å². The summed E-state index contributed by atoms with van der Waals surface area (Å²) in [6.07, 6.45) is -0.481. The molecule has 0 saturated carbocycles. The van der Waals surface area contributed by atoms with Gasteiger partial charge in [-0.05, 0) is 18.2 Å². The predicted octanol–water partition coefficient (Wildman–Crippen LogP) is 3.35. The molecule has 0 N–H and O–H groups in total. The third-order valence-corrected chi connectivity index (χ3v) is 3.26. The van der Waals surface area contributed by atoms with Gasteiger partial charge in [0.1, 0.15) is 11.5 Å². The molecule has 1 aromatic rings. The van der Waals surface area contributed by atoms with Crippen LogP contribution in [0.4, 0.5) is 0 Å². The van der Waals surface area contributed by atoms with E-state index in [9.17, 15) is 0 Å². The molecular formula is C12H13Cl3N2O3. The van der Waals surface area contributed by atoms with Crippen LogP contribution in [0.15, 0.2) is 23.2 Å². The molecule has 0 aliphatic carbocycles. The first kappa shape index (κ1) is 15.5. The number of ether oxygens (including phenoxy) is 2. The van der Waals surface area contributed by atoms with Crippen molar-refractivity contribution in [2.24, 2.45) is 4.99 Å². The van der Waals surface area contributed by atoms with Crippen molar-refractivity contribution in [2.45, 2.75) is 9.96 Å². The molecule has 0 bridgehead atoms. The van der Waals surface area contributed by atoms with E-state index in [-0.39, 0.29) is 5.90 Å². The smallest absolute Gasteiger partial charge is 0.268 e. The Kier molecular flexibility index (Phi) is 4.54. The minimum absolute atomic E-state index is 0.0138. The van der Waals surface area contributed by atoms with Gasteiger partial charge in [0.2, 0.25) is 0 Å². The Morgan fingerprint density at radius 1 is 1.25 bits per heavy atom. The SMILES string of the molecule is COc1ccc(OC)c(C2N=C(C(Cl)(Cl)Cl)ON2C)c1. The van der Waals surface area contributed by atoms with Gasteiger partial charge in [0.05, 0.1) is 14.2 Å². The first-order valence-electron chi connectivity index (χ1n) is 5.64. The van der Waals surface area contributed by atoms with Crippen molar-refractivity contribution in [1.82, 2.24) is 5.06 Å². The van der Waals surface area contributed by atoms with E-state index in [0.717, 1.165) is 5.56 Å². The summed E-state index contributed by atoms with van der Waals surface area (Å²) in [5.41, 5.74) is 0.749. The van der Waals surface area contributed by atoms with Gasteiger partial charge >= 0.3 is 0 Å². The van der Waals surface area contributed by atoms with E-state index in [1.807, 2.05) is 0 Å². The molecule has 0 spiro atoms. The fourth-order valence-corrected chi connectivity index (χ4v) is 2.08. The topological polar surface area (TPSA) is 43.3 Å². The maximum absolute atomic E-state index is 5.78. The van der Waals surface area contributed by atoms with Crippen molar-refractivity contribution in [3.05, 3.63) is 23.8 Å². The van der Waals surface area contributed by atoms with E-state index < -0.39 is 9.96 Å². The number of hydrogen-bond donors (Lipinski definition) is 0. The van der Waals surface area contributed by atoms with Crippen LogP contribution in [0, 0.1) is 0 Å². The maximum Gasteiger partial charge on any atom is 0.268 e. The van der Waals surface area contributed by atoms with Crippen molar-refractivity contribution in [3.8, 4) is 11.5 Å². The third kappa shape index (κ3) is 3.06. The number of benzene rings is 1. The summed E-state index contributed by atoms with van der Waals surface area (Å²) in [6, 6.07) is 5.37. The van der Waals surface area contributed by atoms with Crippen molar-refractivity contribution in [2.75, 3.05) is 21.3 Å². The second-order valence-electron chi connectivity index (χ2n) is 4.05. The molecular weight excluding hydrogens is 327 g/mol. The Balaban J connectivity index is 2.42. The third-order valence-electron chi connectivity index (χ3n) is 2.77. The molecule has 1 atom stereocenters. The standard InChI is InChI=1S/C12H13Cl3N2O3/c1-17-10(16-11(20-17)12(13,14)15)8-6-7(18-2)4-5-9(8)19-3/h4-6,10H,1-3H3. The number of methoxy groups -OCH3 is 2. The molecule has 1 aliphatic heterocycles. The van der Waals surface area contributed by atoms with E-state index in [1.165, 1.54) is 5.06 Å². The molecule has 1 unspecified atom stereocenters. The van der Waals surface area contributed by atoms with Gasteiger partial charge in [-0.25, -0.2) is 4.99 Å². The zero-order valence-electron chi connectivity index (χ0n) is 11.1. The van der Waals surface area contributed by atoms with Crippen LogP contribution in [0.2, 0.25) is 0 Å². The highest BCUT2D eigenvalue weighted by atomic mass is 35.6. The Hall–Kier alpha value is -0.880. The van der Waals surface area contributed by atoms with Gasteiger partial charge in [-0.15, -0.1) is 5.06 Å². The lowest BCUT2D eigenvalue weighted by Gasteiger charge is -2.19. The lowest BCUT2D eigenvalue weighted by molar-refractivity contribution is -0.0596. The van der Waals surface area contributed by atoms with E-state index in [1.54, 1.807) is 39.5 Å². The molecule has 0 radical (unpaired) electrons. The summed E-state index contributed by atoms with van der Waals surface area (Å²) >= 11 is 17.3. The maximum atomic E-state index is 5.78. The van der Waals surface area contributed by atoms with Gasteiger partial charge in [0, 0.05) is 12.6 Å². The molecule has 0 aromatic heterocycles. The van der Waals surface area contributed by atoms with E-state index in [0.29, 0.717) is 11.5 Å². The lowest BCUT2D eigenvalue weighted by Crippen LogP contribution is -2.24. The molecule has 0 fully saturated rings. The molecule has 1 aromatic carbocycles. The minimum atomic E-state index is -1.71. The van der Waals surface area contributed by atoms with Crippen molar-refractivity contribution >= 4 is 40.7 Å². The summed E-state index contributed by atoms with van der Waals surface area (Å²) in [4.78, 5) is 9.64. The zero-order valence-corrected chi connectivity index (χ0v) is 13.3. The summed E-state index contributed by atoms with van der Waals surface area (Å²) in [5.74, 6) is 1.33. The monoisotopic (exact) mass is 338 g/mol. The van der Waals surface area contributed by atoms with Gasteiger partial charge in [-0.1, -0.05) is 34.8 Å². The number of rotatable bonds is 3. The van der Waals surface area contributed by atoms with Crippen LogP contribution in [-0.2, 0) is 4.84 Å². The predicted molar refractivity (Wildman–Crippen MR) is 78.9 cm³/mol. The Morgan fingerprint density at radius 2 is 1.95 bits per heavy atom. The first-order valence-corrected chi connectivity index (χ1v) is 6.78. The first-order chi connectivity index (χ1) is 9.36. The van der Waals surface area contributed by atoms with E-state index >= 15 is 0 Å². The van der Waals surface area contributed by atoms with Crippen LogP contribution in [-0.4, -0.2) is 36.0 Å². The summed E-state index contributed by atoms with van der Waals surface area (Å²) in [6.45, 7) is 0. The van der Waals surface area contributed by atoms with Crippen LogP contribution in [0.5, 0.6) is 11.5 Å². The minimum Gasteiger partial charge on any atom is -0.497 e. The van der Waals surface area contributed by atoms with Crippen LogP contribution in [0.25, 0.3) is 0 Å². The average molecular weight is 340 g/mol. The highest BCUT2D eigenvalue weighted by Crippen LogP contribution is 2.40. The number of alkyl halides is 3. The average Bonchev–Trinajstić information content (AvgIpc) is 2.80.